The number of likely N-dealkylation sites (N-methyl/N-ethyl adjacent to an activating group) is 2. The molecule has 0 bridgehead atoms. The fourth-order valence-electron chi connectivity index (χ4n) is 5.04. The van der Waals surface area contributed by atoms with Crippen LogP contribution < -0.4 is 15.4 Å². The van der Waals surface area contributed by atoms with Gasteiger partial charge in [-0.1, -0.05) is 0 Å². The van der Waals surface area contributed by atoms with Gasteiger partial charge in [-0.05, 0) is 68.7 Å². The molecular formula is C28H32N6O2. The quantitative estimate of drug-likeness (QED) is 0.441. The Kier molecular flexibility index (Phi) is 5.99. The van der Waals surface area contributed by atoms with Crippen LogP contribution in [0.15, 0.2) is 70.1 Å². The highest BCUT2D eigenvalue weighted by Gasteiger charge is 2.17. The van der Waals surface area contributed by atoms with E-state index in [0.29, 0.717) is 16.9 Å². The monoisotopic (exact) mass is 484 g/mol. The lowest BCUT2D eigenvalue weighted by molar-refractivity contribution is 0.313. The lowest BCUT2D eigenvalue weighted by Crippen LogP contribution is -2.44. The maximum atomic E-state index is 13.3. The maximum Gasteiger partial charge on any atom is 0.269 e. The highest BCUT2D eigenvalue weighted by molar-refractivity contribution is 5.79. The van der Waals surface area contributed by atoms with Crippen LogP contribution in [0.2, 0.25) is 0 Å². The van der Waals surface area contributed by atoms with Crippen molar-refractivity contribution in [2.24, 2.45) is 0 Å². The smallest absolute Gasteiger partial charge is 0.269 e. The lowest BCUT2D eigenvalue weighted by Gasteiger charge is -2.34. The van der Waals surface area contributed by atoms with E-state index in [2.05, 4.69) is 75.1 Å². The first-order valence-corrected chi connectivity index (χ1v) is 12.6. The number of hydrogen-bond acceptors (Lipinski definition) is 7. The molecule has 8 heteroatoms. The number of furan rings is 1. The van der Waals surface area contributed by atoms with Crippen molar-refractivity contribution in [1.82, 2.24) is 19.4 Å². The van der Waals surface area contributed by atoms with Gasteiger partial charge in [-0.2, -0.15) is 0 Å². The Labute approximate surface area is 211 Å². The Morgan fingerprint density at radius 2 is 1.19 bits per heavy atom. The fraction of sp³-hybridized carbons (Fsp3) is 0.357. The molecule has 0 atom stereocenters. The van der Waals surface area contributed by atoms with Gasteiger partial charge in [0, 0.05) is 69.3 Å². The third kappa shape index (κ3) is 4.38. The Hall–Kier alpha value is -3.62. The highest BCUT2D eigenvalue weighted by atomic mass is 16.3. The minimum atomic E-state index is -0.128. The van der Waals surface area contributed by atoms with Crippen molar-refractivity contribution in [3.05, 3.63) is 71.3 Å². The molecule has 0 saturated carbocycles. The average molecular weight is 485 g/mol. The van der Waals surface area contributed by atoms with Crippen LogP contribution in [0, 0.1) is 0 Å². The molecule has 8 nitrogen and oxygen atoms in total. The summed E-state index contributed by atoms with van der Waals surface area (Å²) < 4.78 is 7.57. The van der Waals surface area contributed by atoms with Gasteiger partial charge >= 0.3 is 0 Å². The second-order valence-electron chi connectivity index (χ2n) is 9.89. The van der Waals surface area contributed by atoms with Gasteiger partial charge in [-0.25, -0.2) is 4.98 Å². The predicted octanol–water partition coefficient (Wildman–Crippen LogP) is 3.15. The third-order valence-corrected chi connectivity index (χ3v) is 7.47. The minimum Gasteiger partial charge on any atom is -0.437 e. The van der Waals surface area contributed by atoms with Gasteiger partial charge in [0.15, 0.2) is 0 Å². The van der Waals surface area contributed by atoms with E-state index >= 15 is 0 Å². The van der Waals surface area contributed by atoms with Crippen molar-refractivity contribution in [1.29, 1.82) is 0 Å². The van der Waals surface area contributed by atoms with Crippen LogP contribution in [-0.2, 0) is 0 Å². The molecule has 2 fully saturated rings. The molecule has 0 radical (unpaired) electrons. The van der Waals surface area contributed by atoms with Crippen LogP contribution in [-0.4, -0.2) is 85.8 Å². The summed E-state index contributed by atoms with van der Waals surface area (Å²) in [5.41, 5.74) is 4.36. The number of piperazine rings is 2. The Morgan fingerprint density at radius 1 is 0.694 bits per heavy atom. The van der Waals surface area contributed by atoms with Gasteiger partial charge in [0.25, 0.3) is 5.56 Å². The Morgan fingerprint density at radius 3 is 1.75 bits per heavy atom. The van der Waals surface area contributed by atoms with Crippen molar-refractivity contribution < 1.29 is 4.42 Å². The Balaban J connectivity index is 1.23. The molecule has 2 aromatic heterocycles. The molecule has 0 N–H and O–H groups in total. The van der Waals surface area contributed by atoms with Crippen LogP contribution in [0.5, 0.6) is 0 Å². The van der Waals surface area contributed by atoms with E-state index in [-0.39, 0.29) is 5.56 Å². The van der Waals surface area contributed by atoms with E-state index in [0.717, 1.165) is 63.6 Å². The average Bonchev–Trinajstić information content (AvgIpc) is 3.36. The van der Waals surface area contributed by atoms with E-state index < -0.39 is 0 Å². The van der Waals surface area contributed by atoms with Crippen LogP contribution in [0.1, 0.15) is 0 Å². The van der Waals surface area contributed by atoms with Gasteiger partial charge in [-0.15, -0.1) is 0 Å². The molecule has 2 aliphatic heterocycles. The van der Waals surface area contributed by atoms with E-state index in [4.69, 9.17) is 4.42 Å². The predicted molar refractivity (Wildman–Crippen MR) is 144 cm³/mol. The van der Waals surface area contributed by atoms with Crippen LogP contribution in [0.3, 0.4) is 0 Å². The van der Waals surface area contributed by atoms with E-state index in [9.17, 15) is 4.79 Å². The van der Waals surface area contributed by atoms with Gasteiger partial charge in [0.2, 0.25) is 5.71 Å². The van der Waals surface area contributed by atoms with E-state index in [1.165, 1.54) is 11.4 Å². The van der Waals surface area contributed by atoms with Crippen LogP contribution >= 0.6 is 0 Å². The molecule has 2 saturated heterocycles. The molecule has 4 aromatic rings. The lowest BCUT2D eigenvalue weighted by atomic mass is 10.1. The first kappa shape index (κ1) is 22.8. The minimum absolute atomic E-state index is 0.128. The highest BCUT2D eigenvalue weighted by Crippen LogP contribution is 2.28. The SMILES string of the molecule is CN1CCN(c2ccc(-c3cc4c(=O)n(-c5ccc(N6CCN(C)CC6)cc5)cnc4o3)cc2)CC1. The Bertz CT molecular complexity index is 1390. The van der Waals surface area contributed by atoms with Crippen molar-refractivity contribution >= 4 is 22.5 Å². The number of aromatic nitrogens is 2. The molecule has 2 aliphatic rings. The number of anilines is 2. The molecule has 36 heavy (non-hydrogen) atoms. The fourth-order valence-corrected chi connectivity index (χ4v) is 5.04. The number of fused-ring (bicyclic) bond motifs is 1. The van der Waals surface area contributed by atoms with Gasteiger partial charge in [0.05, 0.1) is 5.69 Å². The molecule has 4 heterocycles. The second-order valence-corrected chi connectivity index (χ2v) is 9.89. The largest absolute Gasteiger partial charge is 0.437 e. The molecule has 0 amide bonds. The van der Waals surface area contributed by atoms with Crippen LogP contribution in [0.4, 0.5) is 11.4 Å². The summed E-state index contributed by atoms with van der Waals surface area (Å²) >= 11 is 0. The first-order chi connectivity index (χ1) is 17.5. The maximum absolute atomic E-state index is 13.3. The van der Waals surface area contributed by atoms with Gasteiger partial charge in [-0.3, -0.25) is 9.36 Å². The zero-order valence-electron chi connectivity index (χ0n) is 20.9. The second kappa shape index (κ2) is 9.44. The number of benzene rings is 2. The van der Waals surface area contributed by atoms with Gasteiger partial charge < -0.3 is 24.0 Å². The van der Waals surface area contributed by atoms with Crippen molar-refractivity contribution in [2.45, 2.75) is 0 Å². The number of hydrogen-bond donors (Lipinski definition) is 0. The first-order valence-electron chi connectivity index (χ1n) is 12.6. The molecule has 0 unspecified atom stereocenters. The van der Waals surface area contributed by atoms with Crippen LogP contribution in [0.25, 0.3) is 28.1 Å². The number of rotatable bonds is 4. The van der Waals surface area contributed by atoms with Crippen molar-refractivity contribution in [3.63, 3.8) is 0 Å². The van der Waals surface area contributed by atoms with Gasteiger partial charge in [0.1, 0.15) is 17.5 Å². The zero-order chi connectivity index (χ0) is 24.6. The summed E-state index contributed by atoms with van der Waals surface area (Å²) in [5.74, 6) is 0.655. The normalized spacial score (nSPS) is 17.7. The number of nitrogens with zero attached hydrogens (tertiary/aromatic N) is 6. The standard InChI is InChI=1S/C28H32N6O2/c1-30-11-15-32(16-12-30)22-5-3-21(4-6-22)26-19-25-27(36-26)29-20-34(28(25)35)24-9-7-23(8-10-24)33-17-13-31(2)14-18-33/h3-10,19-20H,11-18H2,1-2H3. The molecule has 0 aliphatic carbocycles. The topological polar surface area (TPSA) is 61.0 Å². The molecule has 6 rings (SSSR count). The van der Waals surface area contributed by atoms with E-state index in [1.807, 2.05) is 18.2 Å². The summed E-state index contributed by atoms with van der Waals surface area (Å²) in [4.78, 5) is 27.2. The molecular weight excluding hydrogens is 452 g/mol. The molecule has 186 valence electrons. The summed E-state index contributed by atoms with van der Waals surface area (Å²) in [6.45, 7) is 8.34. The summed E-state index contributed by atoms with van der Waals surface area (Å²) in [6.07, 6.45) is 1.55. The van der Waals surface area contributed by atoms with E-state index in [1.54, 1.807) is 10.9 Å². The zero-order valence-corrected chi connectivity index (χ0v) is 20.9. The third-order valence-electron chi connectivity index (χ3n) is 7.47. The van der Waals surface area contributed by atoms with Crippen molar-refractivity contribution in [2.75, 3.05) is 76.3 Å². The van der Waals surface area contributed by atoms with Crippen molar-refractivity contribution in [3.8, 4) is 17.0 Å². The summed E-state index contributed by atoms with van der Waals surface area (Å²) in [5, 5.41) is 0.485. The molecule has 0 spiro atoms. The summed E-state index contributed by atoms with van der Waals surface area (Å²) in [7, 11) is 4.31. The molecule has 2 aromatic carbocycles. The summed E-state index contributed by atoms with van der Waals surface area (Å²) in [6, 6.07) is 18.3.